The van der Waals surface area contributed by atoms with Crippen molar-refractivity contribution in [2.24, 2.45) is 0 Å². The molecule has 0 fully saturated rings. The van der Waals surface area contributed by atoms with Crippen LogP contribution in [0.2, 0.25) is 0 Å². The number of nitro groups is 1. The molecule has 1 aliphatic carbocycles. The summed E-state index contributed by atoms with van der Waals surface area (Å²) in [7, 11) is 0. The Hall–Kier alpha value is -3.28. The van der Waals surface area contributed by atoms with Crippen LogP contribution in [0.3, 0.4) is 0 Å². The SMILES string of the molecule is O=C1CCCC2=C1C(c1ccccc1)CC(=O)N2c1cccc([N+](=O)[O-])c1. The highest BCUT2D eigenvalue weighted by Gasteiger charge is 2.39. The number of hydrogen-bond donors (Lipinski definition) is 0. The van der Waals surface area contributed by atoms with Gasteiger partial charge in [-0.3, -0.25) is 24.6 Å². The summed E-state index contributed by atoms with van der Waals surface area (Å²) in [6.07, 6.45) is 1.94. The Labute approximate surface area is 156 Å². The number of ketones is 1. The van der Waals surface area contributed by atoms with Crippen LogP contribution in [-0.2, 0) is 9.59 Å². The molecule has 4 rings (SSSR count). The average molecular weight is 362 g/mol. The number of non-ortho nitro benzene ring substituents is 1. The normalized spacial score (nSPS) is 19.9. The van der Waals surface area contributed by atoms with Gasteiger partial charge in [-0.25, -0.2) is 0 Å². The van der Waals surface area contributed by atoms with Crippen LogP contribution < -0.4 is 4.90 Å². The zero-order valence-electron chi connectivity index (χ0n) is 14.6. The standard InChI is InChI=1S/C21H18N2O4/c24-19-11-5-10-18-21(19)17(14-6-2-1-3-7-14)13-20(25)22(18)15-8-4-9-16(12-15)23(26)27/h1-4,6-9,12,17H,5,10-11,13H2. The van der Waals surface area contributed by atoms with Crippen LogP contribution in [0.4, 0.5) is 11.4 Å². The van der Waals surface area contributed by atoms with Crippen LogP contribution in [0.5, 0.6) is 0 Å². The number of hydrogen-bond acceptors (Lipinski definition) is 4. The van der Waals surface area contributed by atoms with Gasteiger partial charge in [0.05, 0.1) is 10.6 Å². The molecule has 1 aliphatic heterocycles. The van der Waals surface area contributed by atoms with Crippen LogP contribution in [0.25, 0.3) is 0 Å². The summed E-state index contributed by atoms with van der Waals surface area (Å²) in [4.78, 5) is 38.0. The minimum absolute atomic E-state index is 0.0630. The fourth-order valence-electron chi connectivity index (χ4n) is 4.01. The highest BCUT2D eigenvalue weighted by molar-refractivity contribution is 6.07. The van der Waals surface area contributed by atoms with Crippen molar-refractivity contribution in [1.82, 2.24) is 0 Å². The van der Waals surface area contributed by atoms with Gasteiger partial charge in [0.2, 0.25) is 5.91 Å². The molecule has 0 N–H and O–H groups in total. The highest BCUT2D eigenvalue weighted by atomic mass is 16.6. The molecule has 0 aromatic heterocycles. The predicted octanol–water partition coefficient (Wildman–Crippen LogP) is 4.12. The number of rotatable bonds is 3. The second kappa shape index (κ2) is 6.79. The third kappa shape index (κ3) is 3.03. The van der Waals surface area contributed by atoms with Crippen molar-refractivity contribution in [3.63, 3.8) is 0 Å². The zero-order chi connectivity index (χ0) is 19.0. The summed E-state index contributed by atoms with van der Waals surface area (Å²) in [6.45, 7) is 0. The summed E-state index contributed by atoms with van der Waals surface area (Å²) in [5.74, 6) is -0.331. The van der Waals surface area contributed by atoms with Gasteiger partial charge >= 0.3 is 0 Å². The fraction of sp³-hybridized carbons (Fsp3) is 0.238. The van der Waals surface area contributed by atoms with Crippen LogP contribution in [0.15, 0.2) is 65.9 Å². The third-order valence-electron chi connectivity index (χ3n) is 5.18. The molecule has 0 bridgehead atoms. The number of Topliss-reactive ketones (excluding diaryl/α,β-unsaturated/α-hetero) is 1. The Kier molecular flexibility index (Phi) is 4.32. The smallest absolute Gasteiger partial charge is 0.271 e. The molecule has 1 unspecified atom stereocenters. The van der Waals surface area contributed by atoms with Crippen LogP contribution in [0.1, 0.15) is 37.2 Å². The van der Waals surface area contributed by atoms with E-state index < -0.39 is 4.92 Å². The van der Waals surface area contributed by atoms with Crippen molar-refractivity contribution >= 4 is 23.1 Å². The quantitative estimate of drug-likeness (QED) is 0.607. The van der Waals surface area contributed by atoms with E-state index in [1.54, 1.807) is 12.1 Å². The fourth-order valence-corrected chi connectivity index (χ4v) is 4.01. The monoisotopic (exact) mass is 362 g/mol. The maximum atomic E-state index is 13.0. The molecule has 2 aliphatic rings. The molecule has 27 heavy (non-hydrogen) atoms. The van der Waals surface area contributed by atoms with Crippen LogP contribution in [0, 0.1) is 10.1 Å². The van der Waals surface area contributed by atoms with Gasteiger partial charge in [0.25, 0.3) is 5.69 Å². The molecule has 136 valence electrons. The van der Waals surface area contributed by atoms with Gasteiger partial charge in [-0.15, -0.1) is 0 Å². The largest absolute Gasteiger partial charge is 0.294 e. The van der Waals surface area contributed by atoms with E-state index in [-0.39, 0.29) is 29.7 Å². The lowest BCUT2D eigenvalue weighted by Gasteiger charge is -2.38. The maximum Gasteiger partial charge on any atom is 0.271 e. The zero-order valence-corrected chi connectivity index (χ0v) is 14.6. The lowest BCUT2D eigenvalue weighted by molar-refractivity contribution is -0.384. The minimum atomic E-state index is -0.480. The van der Waals surface area contributed by atoms with E-state index in [9.17, 15) is 19.7 Å². The van der Waals surface area contributed by atoms with Gasteiger partial charge in [0, 0.05) is 42.2 Å². The summed E-state index contributed by atoms with van der Waals surface area (Å²) >= 11 is 0. The second-order valence-corrected chi connectivity index (χ2v) is 6.81. The molecule has 6 nitrogen and oxygen atoms in total. The first kappa shape index (κ1) is 17.1. The molecular weight excluding hydrogens is 344 g/mol. The van der Waals surface area contributed by atoms with Crippen molar-refractivity contribution in [2.75, 3.05) is 4.90 Å². The highest BCUT2D eigenvalue weighted by Crippen LogP contribution is 2.43. The van der Waals surface area contributed by atoms with Gasteiger partial charge in [-0.1, -0.05) is 36.4 Å². The molecule has 1 amide bonds. The Balaban J connectivity index is 1.86. The van der Waals surface area contributed by atoms with Gasteiger partial charge in [-0.05, 0) is 24.5 Å². The number of anilines is 1. The number of amides is 1. The molecular formula is C21H18N2O4. The summed E-state index contributed by atoms with van der Waals surface area (Å²) in [6, 6.07) is 15.6. The number of nitrogens with zero attached hydrogens (tertiary/aromatic N) is 2. The maximum absolute atomic E-state index is 13.0. The third-order valence-corrected chi connectivity index (χ3v) is 5.18. The topological polar surface area (TPSA) is 80.5 Å². The number of allylic oxidation sites excluding steroid dienone is 2. The van der Waals surface area contributed by atoms with Gasteiger partial charge in [0.15, 0.2) is 5.78 Å². The van der Waals surface area contributed by atoms with E-state index in [0.717, 1.165) is 5.56 Å². The van der Waals surface area contributed by atoms with E-state index in [4.69, 9.17) is 0 Å². The molecule has 1 atom stereocenters. The summed E-state index contributed by atoms with van der Waals surface area (Å²) in [5.41, 5.74) is 2.69. The van der Waals surface area contributed by atoms with Gasteiger partial charge in [0.1, 0.15) is 0 Å². The van der Waals surface area contributed by atoms with Crippen molar-refractivity contribution in [1.29, 1.82) is 0 Å². The molecule has 0 spiro atoms. The average Bonchev–Trinajstić information content (AvgIpc) is 2.68. The molecule has 0 radical (unpaired) electrons. The molecule has 2 aromatic rings. The Morgan fingerprint density at radius 3 is 2.52 bits per heavy atom. The molecule has 2 aromatic carbocycles. The molecule has 0 saturated carbocycles. The van der Waals surface area contributed by atoms with E-state index in [1.807, 2.05) is 30.3 Å². The first-order valence-electron chi connectivity index (χ1n) is 8.95. The molecule has 0 saturated heterocycles. The first-order valence-corrected chi connectivity index (χ1v) is 8.95. The summed E-state index contributed by atoms with van der Waals surface area (Å²) < 4.78 is 0. The van der Waals surface area contributed by atoms with Crippen molar-refractivity contribution in [3.8, 4) is 0 Å². The number of carbonyl (C=O) groups excluding carboxylic acids is 2. The van der Waals surface area contributed by atoms with Gasteiger partial charge < -0.3 is 0 Å². The van der Waals surface area contributed by atoms with E-state index >= 15 is 0 Å². The molecule has 1 heterocycles. The van der Waals surface area contributed by atoms with Crippen molar-refractivity contribution < 1.29 is 14.5 Å². The van der Waals surface area contributed by atoms with E-state index in [2.05, 4.69) is 0 Å². The lowest BCUT2D eigenvalue weighted by atomic mass is 9.77. The Bertz CT molecular complexity index is 965. The van der Waals surface area contributed by atoms with E-state index in [1.165, 1.54) is 17.0 Å². The Morgan fingerprint density at radius 1 is 1.00 bits per heavy atom. The second-order valence-electron chi connectivity index (χ2n) is 6.81. The van der Waals surface area contributed by atoms with E-state index in [0.29, 0.717) is 36.2 Å². The van der Waals surface area contributed by atoms with Crippen molar-refractivity contribution in [2.45, 2.75) is 31.6 Å². The number of carbonyl (C=O) groups is 2. The first-order chi connectivity index (χ1) is 13.1. The van der Waals surface area contributed by atoms with Crippen LogP contribution >= 0.6 is 0 Å². The van der Waals surface area contributed by atoms with Crippen molar-refractivity contribution in [3.05, 3.63) is 81.5 Å². The number of nitro benzene ring substituents is 1. The Morgan fingerprint density at radius 2 is 1.78 bits per heavy atom. The molecule has 6 heteroatoms. The summed E-state index contributed by atoms with van der Waals surface area (Å²) in [5, 5.41) is 11.1. The predicted molar refractivity (Wildman–Crippen MR) is 100 cm³/mol. The minimum Gasteiger partial charge on any atom is -0.294 e. The van der Waals surface area contributed by atoms with Gasteiger partial charge in [-0.2, -0.15) is 0 Å². The number of benzene rings is 2. The van der Waals surface area contributed by atoms with Crippen LogP contribution in [-0.4, -0.2) is 16.6 Å². The lowest BCUT2D eigenvalue weighted by Crippen LogP contribution is -2.40.